The minimum atomic E-state index is -0.808. The van der Waals surface area contributed by atoms with Crippen LogP contribution in [-0.4, -0.2) is 43.0 Å². The number of carbonyl (C=O) groups is 4. The lowest BCUT2D eigenvalue weighted by Gasteiger charge is -2.18. The maximum absolute atomic E-state index is 12.0. The van der Waals surface area contributed by atoms with E-state index >= 15 is 0 Å². The topological polar surface area (TPSA) is 140 Å². The highest BCUT2D eigenvalue weighted by molar-refractivity contribution is 6.30. The van der Waals surface area contributed by atoms with Gasteiger partial charge in [-0.3, -0.25) is 14.4 Å². The first kappa shape index (κ1) is 23.2. The molecule has 154 valence electrons. The summed E-state index contributed by atoms with van der Waals surface area (Å²) in [5, 5.41) is 8.02. The standard InChI is InChI=1S/C18H25ClN4O5/c1-3-8-21-17(26)11(2)22-15(24)10-28-16(25)9-14(23-18(20)27)12-4-6-13(19)7-5-12/h4-7,11,14H,3,8-10H2,1-2H3,(H,21,26)(H,22,24)(H3,20,23,27)/t11-,14+/m1/s1. The lowest BCUT2D eigenvalue weighted by Crippen LogP contribution is -2.46. The van der Waals surface area contributed by atoms with E-state index in [9.17, 15) is 19.2 Å². The maximum atomic E-state index is 12.0. The Kier molecular flexibility index (Phi) is 9.80. The van der Waals surface area contributed by atoms with Crippen molar-refractivity contribution in [1.29, 1.82) is 0 Å². The summed E-state index contributed by atoms with van der Waals surface area (Å²) in [6.45, 7) is 3.40. The third-order valence-corrected chi connectivity index (χ3v) is 3.90. The van der Waals surface area contributed by atoms with Crippen molar-refractivity contribution < 1.29 is 23.9 Å². The monoisotopic (exact) mass is 412 g/mol. The van der Waals surface area contributed by atoms with Gasteiger partial charge in [-0.25, -0.2) is 4.79 Å². The molecule has 1 rings (SSSR count). The van der Waals surface area contributed by atoms with E-state index in [4.69, 9.17) is 22.1 Å². The fraction of sp³-hybridized carbons (Fsp3) is 0.444. The molecule has 0 aliphatic rings. The summed E-state index contributed by atoms with van der Waals surface area (Å²) in [7, 11) is 0. The summed E-state index contributed by atoms with van der Waals surface area (Å²) >= 11 is 5.83. The lowest BCUT2D eigenvalue weighted by molar-refractivity contribution is -0.149. The van der Waals surface area contributed by atoms with Crippen LogP contribution >= 0.6 is 11.6 Å². The van der Waals surface area contributed by atoms with Crippen LogP contribution in [0.4, 0.5) is 4.79 Å². The van der Waals surface area contributed by atoms with Crippen molar-refractivity contribution in [2.24, 2.45) is 5.73 Å². The first-order valence-corrected chi connectivity index (χ1v) is 9.14. The number of benzene rings is 1. The Morgan fingerprint density at radius 2 is 1.79 bits per heavy atom. The van der Waals surface area contributed by atoms with Crippen LogP contribution in [0.1, 0.15) is 38.3 Å². The van der Waals surface area contributed by atoms with Crippen LogP contribution in [0.15, 0.2) is 24.3 Å². The zero-order valence-electron chi connectivity index (χ0n) is 15.8. The molecular formula is C18H25ClN4O5. The average Bonchev–Trinajstić information content (AvgIpc) is 2.64. The zero-order valence-corrected chi connectivity index (χ0v) is 16.5. The summed E-state index contributed by atoms with van der Waals surface area (Å²) in [6, 6.07) is 4.20. The van der Waals surface area contributed by atoms with Crippen LogP contribution < -0.4 is 21.7 Å². The molecule has 5 N–H and O–H groups in total. The SMILES string of the molecule is CCCNC(=O)[C@@H](C)NC(=O)COC(=O)C[C@H](NC(N)=O)c1ccc(Cl)cc1. The average molecular weight is 413 g/mol. The van der Waals surface area contributed by atoms with Crippen molar-refractivity contribution >= 4 is 35.4 Å². The molecule has 1 aromatic rings. The second kappa shape index (κ2) is 11.8. The highest BCUT2D eigenvalue weighted by Crippen LogP contribution is 2.19. The molecule has 0 radical (unpaired) electrons. The predicted molar refractivity (Wildman–Crippen MR) is 103 cm³/mol. The molecule has 0 spiro atoms. The molecule has 4 amide bonds. The van der Waals surface area contributed by atoms with Crippen molar-refractivity contribution in [3.8, 4) is 0 Å². The number of halogens is 1. The van der Waals surface area contributed by atoms with Gasteiger partial charge in [0, 0.05) is 11.6 Å². The Labute approximate surface area is 168 Å². The Bertz CT molecular complexity index is 696. The van der Waals surface area contributed by atoms with Gasteiger partial charge in [-0.1, -0.05) is 30.7 Å². The fourth-order valence-electron chi connectivity index (χ4n) is 2.24. The number of nitrogens with one attached hydrogen (secondary N) is 3. The van der Waals surface area contributed by atoms with Crippen LogP contribution in [0.3, 0.4) is 0 Å². The first-order chi connectivity index (χ1) is 13.2. The molecular weight excluding hydrogens is 388 g/mol. The van der Waals surface area contributed by atoms with Gasteiger partial charge in [0.2, 0.25) is 5.91 Å². The zero-order chi connectivity index (χ0) is 21.1. The number of ether oxygens (including phenoxy) is 1. The minimum Gasteiger partial charge on any atom is -0.456 e. The van der Waals surface area contributed by atoms with E-state index in [1.807, 2.05) is 6.92 Å². The third-order valence-electron chi connectivity index (χ3n) is 3.64. The molecule has 0 saturated carbocycles. The molecule has 0 bridgehead atoms. The molecule has 1 aromatic carbocycles. The van der Waals surface area contributed by atoms with E-state index in [1.54, 1.807) is 24.3 Å². The van der Waals surface area contributed by atoms with Gasteiger partial charge in [0.25, 0.3) is 5.91 Å². The minimum absolute atomic E-state index is 0.232. The second-order valence-electron chi connectivity index (χ2n) is 6.06. The molecule has 10 heteroatoms. The van der Waals surface area contributed by atoms with Gasteiger partial charge >= 0.3 is 12.0 Å². The van der Waals surface area contributed by atoms with Gasteiger partial charge in [-0.15, -0.1) is 0 Å². The third kappa shape index (κ3) is 8.72. The summed E-state index contributed by atoms with van der Waals surface area (Å²) in [6.07, 6.45) is 0.544. The molecule has 0 aliphatic heterocycles. The number of hydrogen-bond donors (Lipinski definition) is 4. The first-order valence-electron chi connectivity index (χ1n) is 8.77. The molecule has 0 heterocycles. The molecule has 28 heavy (non-hydrogen) atoms. The van der Waals surface area contributed by atoms with Crippen LogP contribution in [0, 0.1) is 0 Å². The largest absolute Gasteiger partial charge is 0.456 e. The summed E-state index contributed by atoms with van der Waals surface area (Å²) in [4.78, 5) is 46.8. The van der Waals surface area contributed by atoms with Crippen molar-refractivity contribution in [1.82, 2.24) is 16.0 Å². The van der Waals surface area contributed by atoms with Crippen LogP contribution in [0.5, 0.6) is 0 Å². The summed E-state index contributed by atoms with van der Waals surface area (Å²) in [5.41, 5.74) is 5.75. The van der Waals surface area contributed by atoms with Crippen LogP contribution in [-0.2, 0) is 19.1 Å². The molecule has 0 fully saturated rings. The molecule has 9 nitrogen and oxygen atoms in total. The highest BCUT2D eigenvalue weighted by atomic mass is 35.5. The van der Waals surface area contributed by atoms with E-state index in [1.165, 1.54) is 6.92 Å². The number of rotatable bonds is 10. The molecule has 0 aliphatic carbocycles. The van der Waals surface area contributed by atoms with E-state index < -0.39 is 36.6 Å². The van der Waals surface area contributed by atoms with Crippen molar-refractivity contribution in [3.63, 3.8) is 0 Å². The Morgan fingerprint density at radius 3 is 2.36 bits per heavy atom. The summed E-state index contributed by atoms with van der Waals surface area (Å²) < 4.78 is 4.92. The van der Waals surface area contributed by atoms with E-state index in [2.05, 4.69) is 16.0 Å². The van der Waals surface area contributed by atoms with Crippen molar-refractivity contribution in [2.45, 2.75) is 38.8 Å². The molecule has 0 saturated heterocycles. The fourth-order valence-corrected chi connectivity index (χ4v) is 2.37. The number of esters is 1. The Balaban J connectivity index is 2.53. The van der Waals surface area contributed by atoms with Crippen LogP contribution in [0.2, 0.25) is 5.02 Å². The number of urea groups is 1. The van der Waals surface area contributed by atoms with E-state index in [0.29, 0.717) is 17.1 Å². The molecule has 2 atom stereocenters. The molecule has 0 aromatic heterocycles. The molecule has 0 unspecified atom stereocenters. The number of nitrogens with two attached hydrogens (primary N) is 1. The summed E-state index contributed by atoms with van der Waals surface area (Å²) in [5.74, 6) is -1.65. The highest BCUT2D eigenvalue weighted by Gasteiger charge is 2.20. The van der Waals surface area contributed by atoms with Gasteiger partial charge < -0.3 is 26.4 Å². The number of hydrogen-bond acceptors (Lipinski definition) is 5. The second-order valence-corrected chi connectivity index (χ2v) is 6.49. The smallest absolute Gasteiger partial charge is 0.312 e. The number of amides is 4. The van der Waals surface area contributed by atoms with Crippen LogP contribution in [0.25, 0.3) is 0 Å². The predicted octanol–water partition coefficient (Wildman–Crippen LogP) is 1.01. The van der Waals surface area contributed by atoms with Gasteiger partial charge in [0.05, 0.1) is 12.5 Å². The van der Waals surface area contributed by atoms with Gasteiger partial charge in [0.1, 0.15) is 6.04 Å². The lowest BCUT2D eigenvalue weighted by atomic mass is 10.0. The Hall–Kier alpha value is -2.81. The normalized spacial score (nSPS) is 12.4. The van der Waals surface area contributed by atoms with E-state index in [-0.39, 0.29) is 12.3 Å². The van der Waals surface area contributed by atoms with Gasteiger partial charge in [0.15, 0.2) is 6.61 Å². The van der Waals surface area contributed by atoms with E-state index in [0.717, 1.165) is 6.42 Å². The van der Waals surface area contributed by atoms with Crippen molar-refractivity contribution in [3.05, 3.63) is 34.9 Å². The number of carbonyl (C=O) groups excluding carboxylic acids is 4. The Morgan fingerprint density at radius 1 is 1.14 bits per heavy atom. The van der Waals surface area contributed by atoms with Crippen molar-refractivity contribution in [2.75, 3.05) is 13.2 Å². The number of primary amides is 1. The van der Waals surface area contributed by atoms with Gasteiger partial charge in [-0.05, 0) is 31.0 Å². The quantitative estimate of drug-likeness (QED) is 0.424. The maximum Gasteiger partial charge on any atom is 0.312 e. The van der Waals surface area contributed by atoms with Gasteiger partial charge in [-0.2, -0.15) is 0 Å².